The van der Waals surface area contributed by atoms with Crippen molar-refractivity contribution in [3.63, 3.8) is 0 Å². The summed E-state index contributed by atoms with van der Waals surface area (Å²) in [7, 11) is 0. The maximum Gasteiger partial charge on any atom is 0.405 e. The minimum Gasteiger partial charge on any atom is -0.384 e. The summed E-state index contributed by atoms with van der Waals surface area (Å²) in [6.07, 6.45) is -2.75. The summed E-state index contributed by atoms with van der Waals surface area (Å²) in [5, 5.41) is 0. The van der Waals surface area contributed by atoms with Crippen LogP contribution in [-0.2, 0) is 5.41 Å². The Kier molecular flexibility index (Phi) is 3.56. The van der Waals surface area contributed by atoms with E-state index in [1.165, 1.54) is 11.0 Å². The molecule has 112 valence electrons. The first-order chi connectivity index (χ1) is 9.06. The fraction of sp³-hybridized carbons (Fsp3) is 0.692. The van der Waals surface area contributed by atoms with Crippen molar-refractivity contribution in [2.45, 2.75) is 51.2 Å². The number of rotatable bonds is 3. The number of nitrogens with two attached hydrogens (primary N) is 1. The SMILES string of the molecule is CC(C)(C)c1nc(N)cc(N(CC(F)(F)F)C2CC2)n1. The van der Waals surface area contributed by atoms with Gasteiger partial charge in [0.05, 0.1) is 0 Å². The van der Waals surface area contributed by atoms with E-state index in [4.69, 9.17) is 5.73 Å². The zero-order valence-corrected chi connectivity index (χ0v) is 11.8. The summed E-state index contributed by atoms with van der Waals surface area (Å²) in [5.74, 6) is 0.926. The second kappa shape index (κ2) is 4.79. The van der Waals surface area contributed by atoms with Gasteiger partial charge >= 0.3 is 6.18 Å². The van der Waals surface area contributed by atoms with Gasteiger partial charge in [-0.2, -0.15) is 13.2 Å². The largest absolute Gasteiger partial charge is 0.405 e. The minimum absolute atomic E-state index is 0.0984. The molecule has 1 saturated carbocycles. The minimum atomic E-state index is -4.26. The van der Waals surface area contributed by atoms with E-state index in [9.17, 15) is 13.2 Å². The average Bonchev–Trinajstić information content (AvgIpc) is 3.06. The molecule has 0 aliphatic heterocycles. The summed E-state index contributed by atoms with van der Waals surface area (Å²) in [6.45, 7) is 4.70. The fourth-order valence-corrected chi connectivity index (χ4v) is 1.91. The van der Waals surface area contributed by atoms with Gasteiger partial charge in [0, 0.05) is 17.5 Å². The third-order valence-corrected chi connectivity index (χ3v) is 3.03. The Bertz CT molecular complexity index is 489. The van der Waals surface area contributed by atoms with Crippen LogP contribution in [0.25, 0.3) is 0 Å². The molecule has 7 heteroatoms. The number of hydrogen-bond acceptors (Lipinski definition) is 4. The van der Waals surface area contributed by atoms with Crippen molar-refractivity contribution >= 4 is 11.6 Å². The van der Waals surface area contributed by atoms with Crippen LogP contribution in [-0.4, -0.2) is 28.7 Å². The lowest BCUT2D eigenvalue weighted by atomic mass is 9.96. The van der Waals surface area contributed by atoms with Crippen LogP contribution in [0.3, 0.4) is 0 Å². The van der Waals surface area contributed by atoms with E-state index in [2.05, 4.69) is 9.97 Å². The van der Waals surface area contributed by atoms with E-state index in [0.29, 0.717) is 5.82 Å². The number of aromatic nitrogens is 2. The van der Waals surface area contributed by atoms with Crippen molar-refractivity contribution in [1.29, 1.82) is 0 Å². The Morgan fingerprint density at radius 3 is 2.30 bits per heavy atom. The van der Waals surface area contributed by atoms with Crippen molar-refractivity contribution < 1.29 is 13.2 Å². The molecule has 1 fully saturated rings. The van der Waals surface area contributed by atoms with Gasteiger partial charge in [0.1, 0.15) is 24.0 Å². The van der Waals surface area contributed by atoms with Crippen molar-refractivity contribution in [3.05, 3.63) is 11.9 Å². The smallest absolute Gasteiger partial charge is 0.384 e. The van der Waals surface area contributed by atoms with Gasteiger partial charge in [-0.1, -0.05) is 20.8 Å². The van der Waals surface area contributed by atoms with E-state index in [1.54, 1.807) is 0 Å². The zero-order valence-electron chi connectivity index (χ0n) is 11.8. The van der Waals surface area contributed by atoms with Crippen LogP contribution in [0.2, 0.25) is 0 Å². The summed E-state index contributed by atoms with van der Waals surface area (Å²) >= 11 is 0. The normalized spacial score (nSPS) is 16.3. The van der Waals surface area contributed by atoms with Crippen LogP contribution in [0, 0.1) is 0 Å². The van der Waals surface area contributed by atoms with Crippen LogP contribution < -0.4 is 10.6 Å². The third-order valence-electron chi connectivity index (χ3n) is 3.03. The van der Waals surface area contributed by atoms with E-state index in [1.807, 2.05) is 20.8 Å². The lowest BCUT2D eigenvalue weighted by molar-refractivity contribution is -0.120. The highest BCUT2D eigenvalue weighted by Crippen LogP contribution is 2.34. The predicted molar refractivity (Wildman–Crippen MR) is 71.6 cm³/mol. The van der Waals surface area contributed by atoms with Gasteiger partial charge in [-0.25, -0.2) is 9.97 Å². The molecule has 0 amide bonds. The molecule has 1 aliphatic carbocycles. The molecule has 0 bridgehead atoms. The van der Waals surface area contributed by atoms with Crippen LogP contribution in [0.4, 0.5) is 24.8 Å². The van der Waals surface area contributed by atoms with Gasteiger partial charge in [0.25, 0.3) is 0 Å². The molecular formula is C13H19F3N4. The molecule has 0 aromatic carbocycles. The van der Waals surface area contributed by atoms with Crippen LogP contribution in [0.5, 0.6) is 0 Å². The summed E-state index contributed by atoms with van der Waals surface area (Å²) in [5.41, 5.74) is 5.36. The molecule has 1 aliphatic rings. The second-order valence-electron chi connectivity index (χ2n) is 6.20. The van der Waals surface area contributed by atoms with E-state index >= 15 is 0 Å². The molecule has 1 aromatic rings. The molecule has 1 aromatic heterocycles. The first kappa shape index (κ1) is 14.9. The zero-order chi connectivity index (χ0) is 15.1. The standard InChI is InChI=1S/C13H19F3N4/c1-12(2,3)11-18-9(17)6-10(19-11)20(8-4-5-8)7-13(14,15)16/h6,8H,4-5,7H2,1-3H3,(H2,17,18,19). The molecule has 20 heavy (non-hydrogen) atoms. The van der Waals surface area contributed by atoms with Crippen LogP contribution >= 0.6 is 0 Å². The van der Waals surface area contributed by atoms with Crippen molar-refractivity contribution in [2.75, 3.05) is 17.2 Å². The Morgan fingerprint density at radius 1 is 1.25 bits per heavy atom. The number of halogens is 3. The monoisotopic (exact) mass is 288 g/mol. The number of anilines is 2. The third kappa shape index (κ3) is 3.74. The first-order valence-corrected chi connectivity index (χ1v) is 6.55. The van der Waals surface area contributed by atoms with Gasteiger partial charge in [-0.05, 0) is 12.8 Å². The van der Waals surface area contributed by atoms with Crippen molar-refractivity contribution in [1.82, 2.24) is 9.97 Å². The van der Waals surface area contributed by atoms with E-state index < -0.39 is 12.7 Å². The molecule has 0 spiro atoms. The van der Waals surface area contributed by atoms with Gasteiger partial charge in [0.15, 0.2) is 0 Å². The number of alkyl halides is 3. The lowest BCUT2D eigenvalue weighted by Crippen LogP contribution is -2.37. The van der Waals surface area contributed by atoms with Gasteiger partial charge in [-0.3, -0.25) is 0 Å². The second-order valence-corrected chi connectivity index (χ2v) is 6.20. The highest BCUT2D eigenvalue weighted by molar-refractivity contribution is 5.49. The Labute approximate surface area is 116 Å². The number of nitrogen functional groups attached to an aromatic ring is 1. The predicted octanol–water partition coefficient (Wildman–Crippen LogP) is 2.89. The molecule has 0 unspecified atom stereocenters. The molecule has 4 nitrogen and oxygen atoms in total. The first-order valence-electron chi connectivity index (χ1n) is 6.55. The molecule has 0 atom stereocenters. The van der Waals surface area contributed by atoms with Crippen molar-refractivity contribution in [3.8, 4) is 0 Å². The van der Waals surface area contributed by atoms with E-state index in [0.717, 1.165) is 12.8 Å². The fourth-order valence-electron chi connectivity index (χ4n) is 1.91. The number of hydrogen-bond donors (Lipinski definition) is 1. The van der Waals surface area contributed by atoms with Gasteiger partial charge < -0.3 is 10.6 Å². The molecule has 0 saturated heterocycles. The molecular weight excluding hydrogens is 269 g/mol. The quantitative estimate of drug-likeness (QED) is 0.929. The maximum absolute atomic E-state index is 12.7. The van der Waals surface area contributed by atoms with Gasteiger partial charge in [0.2, 0.25) is 0 Å². The van der Waals surface area contributed by atoms with Crippen LogP contribution in [0.15, 0.2) is 6.07 Å². The molecule has 1 heterocycles. The summed E-state index contributed by atoms with van der Waals surface area (Å²) in [6, 6.07) is 1.32. The number of nitrogens with zero attached hydrogens (tertiary/aromatic N) is 3. The molecule has 2 rings (SSSR count). The Balaban J connectivity index is 2.36. The average molecular weight is 288 g/mol. The Hall–Kier alpha value is -1.53. The lowest BCUT2D eigenvalue weighted by Gasteiger charge is -2.26. The topological polar surface area (TPSA) is 55.0 Å². The highest BCUT2D eigenvalue weighted by atomic mass is 19.4. The van der Waals surface area contributed by atoms with Crippen molar-refractivity contribution in [2.24, 2.45) is 0 Å². The summed E-state index contributed by atoms with van der Waals surface area (Å²) in [4.78, 5) is 9.69. The highest BCUT2D eigenvalue weighted by Gasteiger charge is 2.39. The molecule has 2 N–H and O–H groups in total. The molecule has 0 radical (unpaired) electrons. The summed E-state index contributed by atoms with van der Waals surface area (Å²) < 4.78 is 38.1. The van der Waals surface area contributed by atoms with Crippen LogP contribution in [0.1, 0.15) is 39.4 Å². The van der Waals surface area contributed by atoms with Gasteiger partial charge in [-0.15, -0.1) is 0 Å². The van der Waals surface area contributed by atoms with E-state index in [-0.39, 0.29) is 23.1 Å². The Morgan fingerprint density at radius 2 is 1.85 bits per heavy atom. The maximum atomic E-state index is 12.7.